The SMILES string of the molecule is CCOC(=O)c1cc(-c2ccc(/C=C3/C(=O)N(CCc4ccccc4)C(=O)C(C#N)=C3C)o2)ccc1Cl. The highest BCUT2D eigenvalue weighted by Gasteiger charge is 2.35. The Labute approximate surface area is 219 Å². The van der Waals surface area contributed by atoms with Crippen LogP contribution in [-0.4, -0.2) is 35.8 Å². The Bertz CT molecular complexity index is 1480. The highest BCUT2D eigenvalue weighted by Crippen LogP contribution is 2.31. The first-order valence-electron chi connectivity index (χ1n) is 11.6. The number of hydrogen-bond donors (Lipinski definition) is 0. The average Bonchev–Trinajstić information content (AvgIpc) is 3.36. The molecule has 2 aromatic carbocycles. The largest absolute Gasteiger partial charge is 0.462 e. The fraction of sp³-hybridized carbons (Fsp3) is 0.172. The Kier molecular flexibility index (Phi) is 7.71. The van der Waals surface area contributed by atoms with Gasteiger partial charge < -0.3 is 9.15 Å². The molecule has 1 aromatic heterocycles. The molecule has 0 atom stereocenters. The summed E-state index contributed by atoms with van der Waals surface area (Å²) in [6.45, 7) is 3.64. The lowest BCUT2D eigenvalue weighted by Gasteiger charge is -2.27. The first kappa shape index (κ1) is 25.7. The molecule has 0 radical (unpaired) electrons. The van der Waals surface area contributed by atoms with Crippen LogP contribution in [0.4, 0.5) is 0 Å². The fourth-order valence-corrected chi connectivity index (χ4v) is 4.18. The summed E-state index contributed by atoms with van der Waals surface area (Å²) in [7, 11) is 0. The number of halogens is 1. The summed E-state index contributed by atoms with van der Waals surface area (Å²) < 4.78 is 11.0. The van der Waals surface area contributed by atoms with Crippen LogP contribution < -0.4 is 0 Å². The van der Waals surface area contributed by atoms with Crippen LogP contribution in [0.2, 0.25) is 5.02 Å². The highest BCUT2D eigenvalue weighted by molar-refractivity contribution is 6.33. The minimum Gasteiger partial charge on any atom is -0.462 e. The van der Waals surface area contributed by atoms with Crippen molar-refractivity contribution in [2.24, 2.45) is 0 Å². The lowest BCUT2D eigenvalue weighted by molar-refractivity contribution is -0.140. The van der Waals surface area contributed by atoms with Gasteiger partial charge in [0.05, 0.1) is 17.2 Å². The summed E-state index contributed by atoms with van der Waals surface area (Å²) in [5, 5.41) is 9.88. The monoisotopic (exact) mass is 514 g/mol. The molecular formula is C29H23ClN2O5. The molecule has 186 valence electrons. The van der Waals surface area contributed by atoms with Gasteiger partial charge >= 0.3 is 5.97 Å². The normalized spacial score (nSPS) is 14.8. The van der Waals surface area contributed by atoms with Gasteiger partial charge in [-0.05, 0) is 67.8 Å². The number of carbonyl (C=O) groups excluding carboxylic acids is 3. The third kappa shape index (κ3) is 5.40. The Morgan fingerprint density at radius 3 is 2.57 bits per heavy atom. The molecule has 4 rings (SSSR count). The van der Waals surface area contributed by atoms with Crippen molar-refractivity contribution in [3.63, 3.8) is 0 Å². The predicted octanol–water partition coefficient (Wildman–Crippen LogP) is 5.61. The maximum Gasteiger partial charge on any atom is 0.339 e. The van der Waals surface area contributed by atoms with Crippen LogP contribution in [0.3, 0.4) is 0 Å². The molecule has 0 aliphatic carbocycles. The third-order valence-corrected chi connectivity index (χ3v) is 6.28. The van der Waals surface area contributed by atoms with Crippen LogP contribution in [0.25, 0.3) is 17.4 Å². The second kappa shape index (κ2) is 11.1. The van der Waals surface area contributed by atoms with Crippen LogP contribution in [-0.2, 0) is 20.7 Å². The van der Waals surface area contributed by atoms with Crippen LogP contribution in [0.15, 0.2) is 81.8 Å². The molecule has 3 aromatic rings. The van der Waals surface area contributed by atoms with Crippen LogP contribution in [0.1, 0.15) is 35.5 Å². The number of imide groups is 1. The summed E-state index contributed by atoms with van der Waals surface area (Å²) in [4.78, 5) is 39.5. The maximum atomic E-state index is 13.3. The molecule has 0 saturated heterocycles. The molecule has 8 heteroatoms. The lowest BCUT2D eigenvalue weighted by Crippen LogP contribution is -2.43. The Hall–Kier alpha value is -4.41. The average molecular weight is 515 g/mol. The highest BCUT2D eigenvalue weighted by atomic mass is 35.5. The molecular weight excluding hydrogens is 492 g/mol. The van der Waals surface area contributed by atoms with Crippen molar-refractivity contribution < 1.29 is 23.5 Å². The molecule has 2 heterocycles. The number of nitriles is 1. The number of nitrogens with zero attached hydrogens (tertiary/aromatic N) is 2. The third-order valence-electron chi connectivity index (χ3n) is 5.95. The van der Waals surface area contributed by atoms with E-state index in [1.54, 1.807) is 44.2 Å². The van der Waals surface area contributed by atoms with Crippen molar-refractivity contribution in [2.45, 2.75) is 20.3 Å². The number of amides is 2. The van der Waals surface area contributed by atoms with E-state index in [2.05, 4.69) is 0 Å². The van der Waals surface area contributed by atoms with Gasteiger partial charge in [-0.15, -0.1) is 0 Å². The first-order chi connectivity index (χ1) is 17.8. The van der Waals surface area contributed by atoms with Crippen molar-refractivity contribution in [3.05, 3.63) is 99.3 Å². The quantitative estimate of drug-likeness (QED) is 0.231. The second-order valence-electron chi connectivity index (χ2n) is 8.28. The number of furan rings is 1. The molecule has 37 heavy (non-hydrogen) atoms. The molecule has 0 bridgehead atoms. The molecule has 7 nitrogen and oxygen atoms in total. The molecule has 2 amide bonds. The summed E-state index contributed by atoms with van der Waals surface area (Å²) in [5.41, 5.74) is 2.19. The van der Waals surface area contributed by atoms with E-state index in [0.29, 0.717) is 29.1 Å². The summed E-state index contributed by atoms with van der Waals surface area (Å²) >= 11 is 6.16. The predicted molar refractivity (Wildman–Crippen MR) is 138 cm³/mol. The Morgan fingerprint density at radius 2 is 1.86 bits per heavy atom. The van der Waals surface area contributed by atoms with Crippen LogP contribution >= 0.6 is 11.6 Å². The van der Waals surface area contributed by atoms with E-state index in [-0.39, 0.29) is 34.9 Å². The van der Waals surface area contributed by atoms with Gasteiger partial charge in [0, 0.05) is 17.7 Å². The number of ether oxygens (including phenoxy) is 1. The van der Waals surface area contributed by atoms with E-state index in [1.165, 1.54) is 6.08 Å². The van der Waals surface area contributed by atoms with Gasteiger partial charge in [0.1, 0.15) is 23.2 Å². The van der Waals surface area contributed by atoms with E-state index < -0.39 is 17.8 Å². The van der Waals surface area contributed by atoms with Gasteiger partial charge in [0.25, 0.3) is 11.8 Å². The summed E-state index contributed by atoms with van der Waals surface area (Å²) in [6, 6.07) is 19.6. The summed E-state index contributed by atoms with van der Waals surface area (Å²) in [6.07, 6.45) is 1.98. The minimum absolute atomic E-state index is 0.0810. The second-order valence-corrected chi connectivity index (χ2v) is 8.69. The Morgan fingerprint density at radius 1 is 1.11 bits per heavy atom. The topological polar surface area (TPSA) is 101 Å². The molecule has 0 unspecified atom stereocenters. The summed E-state index contributed by atoms with van der Waals surface area (Å²) in [5.74, 6) is -0.852. The zero-order chi connectivity index (χ0) is 26.5. The Balaban J connectivity index is 1.64. The molecule has 0 fully saturated rings. The van der Waals surface area contributed by atoms with Crippen molar-refractivity contribution >= 4 is 35.5 Å². The number of esters is 1. The molecule has 0 spiro atoms. The van der Waals surface area contributed by atoms with E-state index in [9.17, 15) is 19.6 Å². The zero-order valence-corrected chi connectivity index (χ0v) is 21.0. The van der Waals surface area contributed by atoms with Crippen molar-refractivity contribution in [2.75, 3.05) is 13.2 Å². The number of rotatable bonds is 7. The molecule has 0 N–H and O–H groups in total. The number of carbonyl (C=O) groups is 3. The van der Waals surface area contributed by atoms with E-state index in [0.717, 1.165) is 10.5 Å². The zero-order valence-electron chi connectivity index (χ0n) is 20.3. The molecule has 1 aliphatic heterocycles. The lowest BCUT2D eigenvalue weighted by atomic mass is 9.94. The number of benzene rings is 2. The van der Waals surface area contributed by atoms with Crippen LogP contribution in [0.5, 0.6) is 0 Å². The van der Waals surface area contributed by atoms with E-state index >= 15 is 0 Å². The standard InChI is InChI=1S/C29H23ClN2O5/c1-3-36-29(35)23-15-20(9-11-25(23)30)26-12-10-21(37-26)16-22-18(2)24(17-31)28(34)32(27(22)33)14-13-19-7-5-4-6-8-19/h4-12,15-16H,3,13-14H2,1-2H3/b22-16+. The first-order valence-corrected chi connectivity index (χ1v) is 12.0. The smallest absolute Gasteiger partial charge is 0.339 e. The van der Waals surface area contributed by atoms with Crippen LogP contribution in [0, 0.1) is 11.3 Å². The van der Waals surface area contributed by atoms with E-state index in [1.807, 2.05) is 36.4 Å². The van der Waals surface area contributed by atoms with Gasteiger partial charge in [-0.3, -0.25) is 14.5 Å². The van der Waals surface area contributed by atoms with Gasteiger partial charge in [-0.1, -0.05) is 41.9 Å². The van der Waals surface area contributed by atoms with Gasteiger partial charge in [-0.25, -0.2) is 4.79 Å². The van der Waals surface area contributed by atoms with Crippen molar-refractivity contribution in [1.82, 2.24) is 4.90 Å². The van der Waals surface area contributed by atoms with E-state index in [4.69, 9.17) is 20.8 Å². The number of hydrogen-bond acceptors (Lipinski definition) is 6. The maximum absolute atomic E-state index is 13.3. The van der Waals surface area contributed by atoms with Crippen molar-refractivity contribution in [3.8, 4) is 17.4 Å². The molecule has 0 saturated carbocycles. The molecule has 1 aliphatic rings. The van der Waals surface area contributed by atoms with Gasteiger partial charge in [0.2, 0.25) is 0 Å². The van der Waals surface area contributed by atoms with Crippen molar-refractivity contribution in [1.29, 1.82) is 5.26 Å². The fourth-order valence-electron chi connectivity index (χ4n) is 3.99. The van der Waals surface area contributed by atoms with Gasteiger partial charge in [0.15, 0.2) is 0 Å². The minimum atomic E-state index is -0.606. The van der Waals surface area contributed by atoms with Gasteiger partial charge in [-0.2, -0.15) is 5.26 Å².